The van der Waals surface area contributed by atoms with Crippen LogP contribution < -0.4 is 16.0 Å². The smallest absolute Gasteiger partial charge is 0.243 e. The van der Waals surface area contributed by atoms with Gasteiger partial charge in [0.05, 0.1) is 12.6 Å². The van der Waals surface area contributed by atoms with Gasteiger partial charge in [-0.2, -0.15) is 5.26 Å². The molecule has 0 saturated carbocycles. The first-order chi connectivity index (χ1) is 16.0. The molecule has 2 fully saturated rings. The van der Waals surface area contributed by atoms with Crippen molar-refractivity contribution in [3.63, 3.8) is 0 Å². The molecule has 3 atom stereocenters. The van der Waals surface area contributed by atoms with E-state index in [1.165, 1.54) is 4.90 Å². The van der Waals surface area contributed by atoms with Crippen molar-refractivity contribution >= 4 is 23.4 Å². The fourth-order valence-electron chi connectivity index (χ4n) is 4.39. The van der Waals surface area contributed by atoms with E-state index < -0.39 is 53.6 Å². The zero-order valence-electron chi connectivity index (χ0n) is 19.1. The highest BCUT2D eigenvalue weighted by atomic mass is 19.1. The first kappa shape index (κ1) is 25.3. The Labute approximate surface area is 195 Å². The molecule has 184 valence electrons. The second kappa shape index (κ2) is 10.3. The molecule has 0 aromatic heterocycles. The van der Waals surface area contributed by atoms with Crippen LogP contribution in [-0.4, -0.2) is 54.3 Å². The molecule has 2 aliphatic rings. The quantitative estimate of drug-likeness (QED) is 0.554. The third-order valence-corrected chi connectivity index (χ3v) is 6.35. The summed E-state index contributed by atoms with van der Waals surface area (Å²) < 4.78 is 40.9. The highest BCUT2D eigenvalue weighted by molar-refractivity contribution is 5.90. The topological polar surface area (TPSA) is 114 Å². The first-order valence-electron chi connectivity index (χ1n) is 11.2. The van der Waals surface area contributed by atoms with Crippen LogP contribution in [0, 0.1) is 40.1 Å². The van der Waals surface area contributed by atoms with E-state index in [2.05, 4.69) is 16.0 Å². The number of nitriles is 1. The number of amides is 3. The van der Waals surface area contributed by atoms with Crippen molar-refractivity contribution in [2.45, 2.75) is 51.6 Å². The monoisotopic (exact) mass is 479 g/mol. The number of piperidine rings is 1. The number of likely N-dealkylation sites (tertiary alicyclic amines) is 1. The molecule has 0 bridgehead atoms. The van der Waals surface area contributed by atoms with Gasteiger partial charge in [-0.25, -0.2) is 13.2 Å². The Morgan fingerprint density at radius 3 is 2.56 bits per heavy atom. The summed E-state index contributed by atoms with van der Waals surface area (Å²) in [4.78, 5) is 39.2. The van der Waals surface area contributed by atoms with Gasteiger partial charge in [-0.1, -0.05) is 13.8 Å². The Hall–Kier alpha value is -3.29. The second-order valence-electron chi connectivity index (χ2n) is 9.52. The van der Waals surface area contributed by atoms with E-state index >= 15 is 0 Å². The Bertz CT molecular complexity index is 987. The molecule has 3 N–H and O–H groups in total. The lowest BCUT2D eigenvalue weighted by Crippen LogP contribution is -2.57. The average molecular weight is 480 g/mol. The van der Waals surface area contributed by atoms with E-state index in [1.807, 2.05) is 19.9 Å². The Kier molecular flexibility index (Phi) is 7.69. The van der Waals surface area contributed by atoms with Crippen molar-refractivity contribution in [3.05, 3.63) is 29.6 Å². The lowest BCUT2D eigenvalue weighted by Gasteiger charge is -2.42. The summed E-state index contributed by atoms with van der Waals surface area (Å²) in [5.74, 6) is -5.04. The van der Waals surface area contributed by atoms with Crippen LogP contribution in [0.2, 0.25) is 0 Å². The maximum Gasteiger partial charge on any atom is 0.243 e. The van der Waals surface area contributed by atoms with Crippen LogP contribution in [0.4, 0.5) is 18.9 Å². The van der Waals surface area contributed by atoms with Crippen molar-refractivity contribution in [1.82, 2.24) is 15.5 Å². The molecule has 2 saturated heterocycles. The standard InChI is InChI=1S/C23H28F3N5O3/c1-23(2)4-6-31(19(32)12-29-20-16(25)8-14(24)9-17(20)26)18(10-23)22(34)30-15(11-27)7-13-3-5-28-21(13)33/h8-9,13,15,18,29H,3-7,10,12H2,1-2H3,(H,28,33)(H,30,34)/t13-,15-,18-/m0/s1. The number of carbonyl (C=O) groups is 3. The van der Waals surface area contributed by atoms with E-state index in [4.69, 9.17) is 0 Å². The molecule has 0 unspecified atom stereocenters. The maximum atomic E-state index is 13.9. The fourth-order valence-corrected chi connectivity index (χ4v) is 4.39. The first-order valence-corrected chi connectivity index (χ1v) is 11.2. The molecule has 3 rings (SSSR count). The van der Waals surface area contributed by atoms with Gasteiger partial charge in [-0.15, -0.1) is 0 Å². The molecular weight excluding hydrogens is 451 g/mol. The largest absolute Gasteiger partial charge is 0.371 e. The molecule has 2 heterocycles. The van der Waals surface area contributed by atoms with Crippen molar-refractivity contribution < 1.29 is 27.6 Å². The molecule has 1 aromatic carbocycles. The summed E-state index contributed by atoms with van der Waals surface area (Å²) in [5.41, 5.74) is -0.887. The van der Waals surface area contributed by atoms with Gasteiger partial charge in [0.1, 0.15) is 23.6 Å². The Morgan fingerprint density at radius 2 is 1.97 bits per heavy atom. The van der Waals surface area contributed by atoms with Gasteiger partial charge < -0.3 is 20.9 Å². The number of anilines is 1. The minimum atomic E-state index is -1.17. The minimum absolute atomic E-state index is 0.156. The van der Waals surface area contributed by atoms with Crippen molar-refractivity contribution in [2.75, 3.05) is 25.0 Å². The number of nitrogens with zero attached hydrogens (tertiary/aromatic N) is 2. The van der Waals surface area contributed by atoms with E-state index in [1.54, 1.807) is 0 Å². The number of nitrogens with one attached hydrogen (secondary N) is 3. The van der Waals surface area contributed by atoms with Gasteiger partial charge in [0.2, 0.25) is 17.7 Å². The van der Waals surface area contributed by atoms with Crippen LogP contribution in [0.1, 0.15) is 39.5 Å². The SMILES string of the molecule is CC1(C)CCN(C(=O)CNc2c(F)cc(F)cc2F)[C@H](C(=O)N[C@H](C#N)C[C@@H]2CCNC2=O)C1. The molecular formula is C23H28F3N5O3. The van der Waals surface area contributed by atoms with Crippen LogP contribution >= 0.6 is 0 Å². The van der Waals surface area contributed by atoms with E-state index in [0.29, 0.717) is 37.9 Å². The third kappa shape index (κ3) is 5.98. The number of carbonyl (C=O) groups excluding carboxylic acids is 3. The number of halogens is 3. The predicted molar refractivity (Wildman–Crippen MR) is 117 cm³/mol. The molecule has 0 aliphatic carbocycles. The van der Waals surface area contributed by atoms with E-state index in [0.717, 1.165) is 0 Å². The number of rotatable bonds is 7. The summed E-state index contributed by atoms with van der Waals surface area (Å²) in [6, 6.07) is 1.22. The Morgan fingerprint density at radius 1 is 1.29 bits per heavy atom. The van der Waals surface area contributed by atoms with Gasteiger partial charge in [-0.05, 0) is 31.1 Å². The van der Waals surface area contributed by atoms with Crippen LogP contribution in [0.15, 0.2) is 12.1 Å². The van der Waals surface area contributed by atoms with Gasteiger partial charge >= 0.3 is 0 Å². The lowest BCUT2D eigenvalue weighted by atomic mass is 9.78. The molecule has 0 radical (unpaired) electrons. The van der Waals surface area contributed by atoms with Crippen molar-refractivity contribution in [3.8, 4) is 6.07 Å². The van der Waals surface area contributed by atoms with E-state index in [9.17, 15) is 32.8 Å². The van der Waals surface area contributed by atoms with Crippen molar-refractivity contribution in [1.29, 1.82) is 5.26 Å². The zero-order valence-corrected chi connectivity index (χ0v) is 19.1. The summed E-state index contributed by atoms with van der Waals surface area (Å²) >= 11 is 0. The minimum Gasteiger partial charge on any atom is -0.371 e. The summed E-state index contributed by atoms with van der Waals surface area (Å²) in [6.45, 7) is 4.18. The predicted octanol–water partition coefficient (Wildman–Crippen LogP) is 2.07. The van der Waals surface area contributed by atoms with Gasteiger partial charge in [0.25, 0.3) is 0 Å². The van der Waals surface area contributed by atoms with Gasteiger partial charge in [0, 0.05) is 31.1 Å². The van der Waals surface area contributed by atoms with Crippen LogP contribution in [-0.2, 0) is 14.4 Å². The third-order valence-electron chi connectivity index (χ3n) is 6.35. The number of hydrogen-bond acceptors (Lipinski definition) is 5. The molecule has 34 heavy (non-hydrogen) atoms. The lowest BCUT2D eigenvalue weighted by molar-refractivity contribution is -0.143. The number of benzene rings is 1. The highest BCUT2D eigenvalue weighted by Gasteiger charge is 2.40. The molecule has 8 nitrogen and oxygen atoms in total. The number of hydrogen-bond donors (Lipinski definition) is 3. The normalized spacial score (nSPS) is 22.5. The summed E-state index contributed by atoms with van der Waals surface area (Å²) in [6.07, 6.45) is 1.68. The zero-order chi connectivity index (χ0) is 25.0. The van der Waals surface area contributed by atoms with E-state index in [-0.39, 0.29) is 30.2 Å². The Balaban J connectivity index is 1.69. The summed E-state index contributed by atoms with van der Waals surface area (Å²) in [7, 11) is 0. The molecule has 11 heteroatoms. The van der Waals surface area contributed by atoms with Crippen LogP contribution in [0.5, 0.6) is 0 Å². The molecule has 3 amide bonds. The molecule has 1 aromatic rings. The van der Waals surface area contributed by atoms with Crippen LogP contribution in [0.25, 0.3) is 0 Å². The van der Waals surface area contributed by atoms with Gasteiger partial charge in [0.15, 0.2) is 11.6 Å². The summed E-state index contributed by atoms with van der Waals surface area (Å²) in [5, 5.41) is 17.2. The molecule has 2 aliphatic heterocycles. The van der Waals surface area contributed by atoms with Gasteiger partial charge in [-0.3, -0.25) is 14.4 Å². The maximum absolute atomic E-state index is 13.9. The van der Waals surface area contributed by atoms with Crippen LogP contribution in [0.3, 0.4) is 0 Å². The van der Waals surface area contributed by atoms with Crippen molar-refractivity contribution in [2.24, 2.45) is 11.3 Å². The molecule has 0 spiro atoms. The average Bonchev–Trinajstić information content (AvgIpc) is 3.15. The fraction of sp³-hybridized carbons (Fsp3) is 0.565. The second-order valence-corrected chi connectivity index (χ2v) is 9.52. The highest BCUT2D eigenvalue weighted by Crippen LogP contribution is 2.34.